The van der Waals surface area contributed by atoms with Crippen LogP contribution in [0.3, 0.4) is 0 Å². The van der Waals surface area contributed by atoms with Gasteiger partial charge in [0.1, 0.15) is 12.0 Å². The fourth-order valence-corrected chi connectivity index (χ4v) is 8.77. The van der Waals surface area contributed by atoms with Crippen LogP contribution in [-0.4, -0.2) is 85.4 Å². The van der Waals surface area contributed by atoms with Crippen molar-refractivity contribution in [1.82, 2.24) is 10.2 Å². The van der Waals surface area contributed by atoms with Crippen LogP contribution in [0, 0.1) is 34.5 Å². The lowest BCUT2D eigenvalue weighted by Crippen LogP contribution is -2.58. The van der Waals surface area contributed by atoms with Crippen LogP contribution in [0.2, 0.25) is 0 Å². The van der Waals surface area contributed by atoms with Crippen LogP contribution in [-0.2, 0) is 38.1 Å². The molecule has 0 saturated carbocycles. The molecule has 0 unspecified atom stereocenters. The van der Waals surface area contributed by atoms with E-state index < -0.39 is 59.2 Å². The molecular weight excluding hydrogens is 612 g/mol. The lowest BCUT2D eigenvalue weighted by Gasteiger charge is -2.48. The van der Waals surface area contributed by atoms with Crippen molar-refractivity contribution in [2.45, 2.75) is 157 Å². The predicted molar refractivity (Wildman–Crippen MR) is 185 cm³/mol. The van der Waals surface area contributed by atoms with E-state index in [0.717, 1.165) is 12.0 Å². The number of fused-ring (bicyclic) bond motifs is 15. The third-order valence-corrected chi connectivity index (χ3v) is 11.7. The number of hydrogen-bond acceptors (Lipinski definition) is 9. The molecule has 4 saturated heterocycles. The molecule has 0 radical (unpaired) electrons. The van der Waals surface area contributed by atoms with E-state index in [9.17, 15) is 19.2 Å². The normalized spacial score (nSPS) is 40.5. The molecule has 4 aliphatic rings. The second kappa shape index (κ2) is 16.2. The van der Waals surface area contributed by atoms with Crippen molar-refractivity contribution >= 4 is 23.6 Å². The Morgan fingerprint density at radius 3 is 2.27 bits per heavy atom. The number of carbonyl (C=O) groups excluding carboxylic acids is 4. The molecule has 0 aromatic rings. The van der Waals surface area contributed by atoms with Crippen LogP contribution in [0.5, 0.6) is 0 Å². The van der Waals surface area contributed by atoms with Crippen molar-refractivity contribution in [3.05, 3.63) is 12.2 Å². The Hall–Kier alpha value is -2.30. The van der Waals surface area contributed by atoms with Gasteiger partial charge in [-0.25, -0.2) is 0 Å². The summed E-state index contributed by atoms with van der Waals surface area (Å²) < 4.78 is 25.4. The molecule has 0 spiro atoms. The minimum atomic E-state index is -1.04. The highest BCUT2D eigenvalue weighted by molar-refractivity contribution is 6.00. The highest BCUT2D eigenvalue weighted by atomic mass is 16.7. The van der Waals surface area contributed by atoms with Gasteiger partial charge in [-0.05, 0) is 91.1 Å². The Bertz CT molecular complexity index is 1190. The molecule has 0 aliphatic carbocycles. The zero-order chi connectivity index (χ0) is 36.3. The van der Waals surface area contributed by atoms with Crippen molar-refractivity contribution in [1.29, 1.82) is 0 Å². The first-order valence-corrected chi connectivity index (χ1v) is 18.1. The van der Waals surface area contributed by atoms with Gasteiger partial charge in [0, 0.05) is 30.2 Å². The summed E-state index contributed by atoms with van der Waals surface area (Å²) in [6, 6.07) is -0.433. The van der Waals surface area contributed by atoms with Gasteiger partial charge in [-0.15, -0.1) is 0 Å². The topological polar surface area (TPSA) is 120 Å². The number of amides is 1. The molecule has 0 aromatic heterocycles. The number of likely N-dealkylation sites (N-methyl/N-ethyl adjacent to an activating group) is 1. The molecule has 4 heterocycles. The molecule has 4 rings (SSSR count). The van der Waals surface area contributed by atoms with Crippen molar-refractivity contribution in [2.24, 2.45) is 34.5 Å². The summed E-state index contributed by atoms with van der Waals surface area (Å²) in [5.41, 5.74) is -0.158. The number of ketones is 1. The number of nitrogens with one attached hydrogen (secondary N) is 1. The lowest BCUT2D eigenvalue weighted by atomic mass is 9.65. The smallest absolute Gasteiger partial charge is 0.316 e. The molecule has 2 bridgehead atoms. The van der Waals surface area contributed by atoms with Crippen LogP contribution in [0.1, 0.15) is 114 Å². The molecule has 12 atom stereocenters. The molecule has 4 aliphatic heterocycles. The summed E-state index contributed by atoms with van der Waals surface area (Å²) >= 11 is 0. The van der Waals surface area contributed by atoms with Crippen molar-refractivity contribution < 1.29 is 38.1 Å². The second-order valence-corrected chi connectivity index (χ2v) is 16.2. The molecule has 10 heteroatoms. The van der Waals surface area contributed by atoms with Gasteiger partial charge in [0.15, 0.2) is 18.2 Å². The van der Waals surface area contributed by atoms with Gasteiger partial charge in [0.25, 0.3) is 0 Å². The quantitative estimate of drug-likeness (QED) is 0.217. The van der Waals surface area contributed by atoms with E-state index in [2.05, 4.69) is 32.7 Å². The highest BCUT2D eigenvalue weighted by Crippen LogP contribution is 2.46. The number of rotatable bonds is 5. The number of Topliss-reactive ketones (excluding diaryl/α,β-unsaturated/α-hetero) is 1. The fraction of sp³-hybridized carbons (Fsp3) is 0.842. The van der Waals surface area contributed by atoms with Gasteiger partial charge < -0.3 is 29.2 Å². The summed E-state index contributed by atoms with van der Waals surface area (Å²) in [7, 11) is 3.86. The Kier molecular flexibility index (Phi) is 13.5. The number of hydrogen-bond donors (Lipinski definition) is 1. The van der Waals surface area contributed by atoms with Gasteiger partial charge in [0.05, 0.1) is 18.2 Å². The maximum Gasteiger partial charge on any atom is 0.316 e. The second-order valence-electron chi connectivity index (χ2n) is 16.2. The number of ether oxygens (including phenoxy) is 4. The summed E-state index contributed by atoms with van der Waals surface area (Å²) in [5, 5.41) is 3.30. The summed E-state index contributed by atoms with van der Waals surface area (Å²) in [5.74, 6) is -3.61. The molecule has 4 fully saturated rings. The summed E-state index contributed by atoms with van der Waals surface area (Å²) in [6.45, 7) is 23.4. The van der Waals surface area contributed by atoms with E-state index in [0.29, 0.717) is 38.5 Å². The van der Waals surface area contributed by atoms with E-state index in [1.807, 2.05) is 46.7 Å². The van der Waals surface area contributed by atoms with E-state index in [1.54, 1.807) is 13.8 Å². The first kappa shape index (κ1) is 40.1. The monoisotopic (exact) mass is 676 g/mol. The zero-order valence-electron chi connectivity index (χ0n) is 31.7. The lowest BCUT2D eigenvalue weighted by molar-refractivity contribution is -0.290. The number of nitrogens with zero attached hydrogens (tertiary/aromatic N) is 1. The van der Waals surface area contributed by atoms with Crippen molar-refractivity contribution in [3.63, 3.8) is 0 Å². The van der Waals surface area contributed by atoms with E-state index in [-0.39, 0.29) is 41.7 Å². The van der Waals surface area contributed by atoms with E-state index in [4.69, 9.17) is 18.9 Å². The predicted octanol–water partition coefficient (Wildman–Crippen LogP) is 5.85. The molecular formula is C38H64N2O8. The highest BCUT2D eigenvalue weighted by Gasteiger charge is 2.51. The molecule has 48 heavy (non-hydrogen) atoms. The number of allylic oxidation sites excluding steroid dienone is 1. The Balaban J connectivity index is 2.23. The SMILES string of the molecule is C=C1CC[C@@H]2[C@@H](C)C(=O)N[C@H](C)C[C@@](C)(CC1)[C@H](O[C@@H]1O[C@H](C)C[C@H](N(C)C)[C@H]1OC(C)=O)[C@@H](C)C(=O)[C@@H](C)C(=O)O[C@H](CC)C2(C)C. The maximum absolute atomic E-state index is 14.4. The Labute approximate surface area is 289 Å². The first-order chi connectivity index (χ1) is 22.2. The molecule has 10 nitrogen and oxygen atoms in total. The van der Waals surface area contributed by atoms with E-state index >= 15 is 0 Å². The third-order valence-electron chi connectivity index (χ3n) is 11.7. The molecule has 274 valence electrons. The van der Waals surface area contributed by atoms with Crippen molar-refractivity contribution in [3.8, 4) is 0 Å². The Morgan fingerprint density at radius 2 is 1.69 bits per heavy atom. The average Bonchev–Trinajstić information content (AvgIpc) is 2.99. The van der Waals surface area contributed by atoms with Gasteiger partial charge in [-0.2, -0.15) is 0 Å². The van der Waals surface area contributed by atoms with E-state index in [1.165, 1.54) is 6.92 Å². The summed E-state index contributed by atoms with van der Waals surface area (Å²) in [4.78, 5) is 56.5. The van der Waals surface area contributed by atoms with Crippen LogP contribution < -0.4 is 5.32 Å². The number of esters is 2. The van der Waals surface area contributed by atoms with Crippen LogP contribution in [0.15, 0.2) is 12.2 Å². The van der Waals surface area contributed by atoms with Gasteiger partial charge in [-0.3, -0.25) is 19.2 Å². The minimum absolute atomic E-state index is 0.0479. The van der Waals surface area contributed by atoms with Gasteiger partial charge >= 0.3 is 11.9 Å². The number of carbonyl (C=O) groups is 4. The van der Waals surface area contributed by atoms with Gasteiger partial charge in [0.2, 0.25) is 5.91 Å². The van der Waals surface area contributed by atoms with Crippen LogP contribution in [0.25, 0.3) is 0 Å². The Morgan fingerprint density at radius 1 is 1.04 bits per heavy atom. The first-order valence-electron chi connectivity index (χ1n) is 18.1. The molecule has 1 amide bonds. The standard InChI is InChI=1S/C38H64N2O8/c1-14-30-37(9,10)28-16-15-21(2)17-18-38(11,20-22(3)39-34(43)24(28)5)33(25(6)31(42)26(7)35(44)47-30)48-36-32(46-27(8)41)29(40(12)13)19-23(4)45-36/h22-26,28-30,32-33,36H,2,14-20H2,1,3-13H3,(H,39,43)/t22-,23-,24-,25+,26-,28-,29+,30-,32-,33-,36+,38-/m1/s1. The van der Waals surface area contributed by atoms with Crippen LogP contribution in [0.4, 0.5) is 0 Å². The summed E-state index contributed by atoms with van der Waals surface area (Å²) in [6.07, 6.45) is 1.26. The van der Waals surface area contributed by atoms with Crippen molar-refractivity contribution in [2.75, 3.05) is 14.1 Å². The third kappa shape index (κ3) is 9.08. The average molecular weight is 677 g/mol. The minimum Gasteiger partial charge on any atom is -0.461 e. The molecule has 1 N–H and O–H groups in total. The maximum atomic E-state index is 14.4. The van der Waals surface area contributed by atoms with Crippen LogP contribution >= 0.6 is 0 Å². The molecule has 0 aromatic carbocycles. The zero-order valence-corrected chi connectivity index (χ0v) is 31.7. The fourth-order valence-electron chi connectivity index (χ4n) is 8.77. The van der Waals surface area contributed by atoms with Gasteiger partial charge in [-0.1, -0.05) is 53.7 Å². The largest absolute Gasteiger partial charge is 0.461 e.